The third-order valence-electron chi connectivity index (χ3n) is 2.91. The number of amides is 1. The smallest absolute Gasteiger partial charge is 0.230 e. The van der Waals surface area contributed by atoms with E-state index in [0.29, 0.717) is 13.0 Å². The van der Waals surface area contributed by atoms with E-state index in [0.717, 1.165) is 26.1 Å². The Morgan fingerprint density at radius 2 is 2.06 bits per heavy atom. The third-order valence-corrected chi connectivity index (χ3v) is 2.91. The molecule has 0 aliphatic carbocycles. The fourth-order valence-corrected chi connectivity index (χ4v) is 1.80. The van der Waals surface area contributed by atoms with E-state index in [-0.39, 0.29) is 11.7 Å². The molecule has 0 aliphatic heterocycles. The lowest BCUT2D eigenvalue weighted by Crippen LogP contribution is -2.42. The largest absolute Gasteiger partial charge is 0.409 e. The number of amidine groups is 1. The first-order valence-electron chi connectivity index (χ1n) is 6.58. The fourth-order valence-electron chi connectivity index (χ4n) is 1.80. The Kier molecular flexibility index (Phi) is 9.00. The molecule has 0 fully saturated rings. The van der Waals surface area contributed by atoms with Gasteiger partial charge in [-0.15, -0.1) is 0 Å². The van der Waals surface area contributed by atoms with Crippen LogP contribution in [-0.2, 0) is 4.79 Å². The first-order valence-corrected chi connectivity index (χ1v) is 6.58. The number of nitrogens with one attached hydrogen (secondary N) is 1. The summed E-state index contributed by atoms with van der Waals surface area (Å²) < 4.78 is 0. The summed E-state index contributed by atoms with van der Waals surface area (Å²) in [7, 11) is 0. The molecule has 106 valence electrons. The highest BCUT2D eigenvalue weighted by molar-refractivity contribution is 6.01. The lowest BCUT2D eigenvalue weighted by atomic mass is 10.1. The van der Waals surface area contributed by atoms with Gasteiger partial charge >= 0.3 is 0 Å². The van der Waals surface area contributed by atoms with E-state index < -0.39 is 5.92 Å². The zero-order chi connectivity index (χ0) is 14.0. The van der Waals surface area contributed by atoms with Gasteiger partial charge in [0.15, 0.2) is 5.84 Å². The minimum atomic E-state index is -0.545. The van der Waals surface area contributed by atoms with Crippen LogP contribution >= 0.6 is 0 Å². The van der Waals surface area contributed by atoms with Crippen LogP contribution in [0.2, 0.25) is 0 Å². The zero-order valence-electron chi connectivity index (χ0n) is 11.6. The first-order chi connectivity index (χ1) is 8.60. The van der Waals surface area contributed by atoms with E-state index >= 15 is 0 Å². The Balaban J connectivity index is 4.08. The number of carbonyl (C=O) groups is 1. The molecule has 0 radical (unpaired) electrons. The number of nitrogens with two attached hydrogens (primary N) is 1. The van der Waals surface area contributed by atoms with E-state index in [2.05, 4.69) is 29.2 Å². The second-order valence-corrected chi connectivity index (χ2v) is 4.21. The number of nitrogens with zero attached hydrogens (tertiary/aromatic N) is 2. The van der Waals surface area contributed by atoms with Crippen molar-refractivity contribution in [3.8, 4) is 0 Å². The average Bonchev–Trinajstić information content (AvgIpc) is 2.38. The summed E-state index contributed by atoms with van der Waals surface area (Å²) in [5, 5.41) is 14.3. The minimum Gasteiger partial charge on any atom is -0.409 e. The van der Waals surface area contributed by atoms with Gasteiger partial charge in [0.25, 0.3) is 0 Å². The average molecular weight is 258 g/mol. The second-order valence-electron chi connectivity index (χ2n) is 4.21. The first kappa shape index (κ1) is 16.7. The summed E-state index contributed by atoms with van der Waals surface area (Å²) in [6.07, 6.45) is 1.62. The summed E-state index contributed by atoms with van der Waals surface area (Å²) in [6, 6.07) is 0. The zero-order valence-corrected chi connectivity index (χ0v) is 11.6. The number of hydrogen-bond donors (Lipinski definition) is 3. The molecule has 1 atom stereocenters. The highest BCUT2D eigenvalue weighted by atomic mass is 16.4. The van der Waals surface area contributed by atoms with Crippen molar-refractivity contribution in [3.63, 3.8) is 0 Å². The number of rotatable bonds is 9. The molecule has 18 heavy (non-hydrogen) atoms. The molecule has 4 N–H and O–H groups in total. The van der Waals surface area contributed by atoms with Crippen LogP contribution in [0.15, 0.2) is 5.16 Å². The van der Waals surface area contributed by atoms with Gasteiger partial charge in [0.05, 0.1) is 5.92 Å². The van der Waals surface area contributed by atoms with Crippen LogP contribution in [-0.4, -0.2) is 48.0 Å². The topological polar surface area (TPSA) is 91.0 Å². The Morgan fingerprint density at radius 3 is 2.50 bits per heavy atom. The van der Waals surface area contributed by atoms with Crippen molar-refractivity contribution in [1.82, 2.24) is 10.2 Å². The van der Waals surface area contributed by atoms with Crippen LogP contribution in [0, 0.1) is 5.92 Å². The molecule has 0 rings (SSSR count). The van der Waals surface area contributed by atoms with Crippen LogP contribution in [0.3, 0.4) is 0 Å². The monoisotopic (exact) mass is 258 g/mol. The second kappa shape index (κ2) is 9.70. The van der Waals surface area contributed by atoms with E-state index in [1.54, 1.807) is 0 Å². The minimum absolute atomic E-state index is 0.0316. The van der Waals surface area contributed by atoms with Crippen molar-refractivity contribution in [1.29, 1.82) is 0 Å². The van der Waals surface area contributed by atoms with Gasteiger partial charge < -0.3 is 21.2 Å². The van der Waals surface area contributed by atoms with Crippen LogP contribution in [0.25, 0.3) is 0 Å². The summed E-state index contributed by atoms with van der Waals surface area (Å²) in [6.45, 7) is 9.47. The summed E-state index contributed by atoms with van der Waals surface area (Å²) in [4.78, 5) is 14.1. The molecule has 0 aromatic rings. The van der Waals surface area contributed by atoms with Crippen molar-refractivity contribution < 1.29 is 10.0 Å². The van der Waals surface area contributed by atoms with Crippen LogP contribution in [0.4, 0.5) is 0 Å². The number of likely N-dealkylation sites (N-methyl/N-ethyl adjacent to an activating group) is 1. The summed E-state index contributed by atoms with van der Waals surface area (Å²) in [5.74, 6) is -0.757. The Labute approximate surface area is 109 Å². The van der Waals surface area contributed by atoms with E-state index in [1.807, 2.05) is 6.92 Å². The number of oxime groups is 1. The molecule has 0 heterocycles. The lowest BCUT2D eigenvalue weighted by molar-refractivity contribution is -0.123. The van der Waals surface area contributed by atoms with Gasteiger partial charge in [-0.1, -0.05) is 25.9 Å². The lowest BCUT2D eigenvalue weighted by Gasteiger charge is -2.20. The number of carbonyl (C=O) groups excluding carboxylic acids is 1. The van der Waals surface area contributed by atoms with Crippen molar-refractivity contribution in [2.45, 2.75) is 33.6 Å². The van der Waals surface area contributed by atoms with E-state index in [1.165, 1.54) is 0 Å². The Hall–Kier alpha value is -1.30. The van der Waals surface area contributed by atoms with E-state index in [9.17, 15) is 4.79 Å². The van der Waals surface area contributed by atoms with Crippen LogP contribution in [0.5, 0.6) is 0 Å². The molecule has 0 aromatic carbocycles. The molecular formula is C12H26N4O2. The quantitative estimate of drug-likeness (QED) is 0.244. The Bertz CT molecular complexity index is 269. The SMILES string of the molecule is CCCN(CC)CCNC(=O)C(CC)C(N)=NO. The van der Waals surface area contributed by atoms with Gasteiger partial charge in [0.1, 0.15) is 0 Å². The standard InChI is InChI=1S/C12H26N4O2/c1-4-8-16(6-3)9-7-14-12(17)10(5-2)11(13)15-18/h10,18H,4-9H2,1-3H3,(H2,13,15)(H,14,17). The molecule has 0 saturated carbocycles. The summed E-state index contributed by atoms with van der Waals surface area (Å²) >= 11 is 0. The predicted molar refractivity (Wildman–Crippen MR) is 72.6 cm³/mol. The van der Waals surface area contributed by atoms with Gasteiger partial charge in [0, 0.05) is 13.1 Å². The highest BCUT2D eigenvalue weighted by Crippen LogP contribution is 2.02. The van der Waals surface area contributed by atoms with Gasteiger partial charge in [-0.25, -0.2) is 0 Å². The molecule has 6 heteroatoms. The van der Waals surface area contributed by atoms with Crippen molar-refractivity contribution in [2.75, 3.05) is 26.2 Å². The van der Waals surface area contributed by atoms with Crippen LogP contribution in [0.1, 0.15) is 33.6 Å². The maximum atomic E-state index is 11.8. The molecule has 1 unspecified atom stereocenters. The maximum Gasteiger partial charge on any atom is 0.230 e. The van der Waals surface area contributed by atoms with Crippen molar-refractivity contribution >= 4 is 11.7 Å². The third kappa shape index (κ3) is 5.86. The highest BCUT2D eigenvalue weighted by Gasteiger charge is 2.20. The van der Waals surface area contributed by atoms with Gasteiger partial charge in [0.2, 0.25) is 5.91 Å². The van der Waals surface area contributed by atoms with Crippen LogP contribution < -0.4 is 11.1 Å². The van der Waals surface area contributed by atoms with Gasteiger partial charge in [-0.3, -0.25) is 4.79 Å². The fraction of sp³-hybridized carbons (Fsp3) is 0.833. The molecule has 0 aliphatic rings. The molecule has 0 bridgehead atoms. The Morgan fingerprint density at radius 1 is 1.39 bits per heavy atom. The number of hydrogen-bond acceptors (Lipinski definition) is 4. The summed E-state index contributed by atoms with van der Waals surface area (Å²) in [5.41, 5.74) is 5.46. The molecule has 0 saturated heterocycles. The van der Waals surface area contributed by atoms with Crippen molar-refractivity contribution in [3.05, 3.63) is 0 Å². The van der Waals surface area contributed by atoms with Gasteiger partial charge in [-0.2, -0.15) is 0 Å². The molecule has 0 aromatic heterocycles. The normalized spacial score (nSPS) is 13.7. The molecule has 0 spiro atoms. The maximum absolute atomic E-state index is 11.8. The van der Waals surface area contributed by atoms with Crippen molar-refractivity contribution in [2.24, 2.45) is 16.8 Å². The predicted octanol–water partition coefficient (Wildman–Crippen LogP) is 0.607. The molecular weight excluding hydrogens is 232 g/mol. The molecule has 1 amide bonds. The van der Waals surface area contributed by atoms with E-state index in [4.69, 9.17) is 10.9 Å². The van der Waals surface area contributed by atoms with Gasteiger partial charge in [-0.05, 0) is 25.9 Å². The molecule has 6 nitrogen and oxygen atoms in total.